The topological polar surface area (TPSA) is 52.4 Å². The van der Waals surface area contributed by atoms with E-state index >= 15 is 0 Å². The van der Waals surface area contributed by atoms with Gasteiger partial charge in [-0.05, 0) is 19.9 Å². The molecular formula is C9H9Cl2NO3. The van der Waals surface area contributed by atoms with E-state index in [1.54, 1.807) is 13.8 Å². The third-order valence-electron chi connectivity index (χ3n) is 1.81. The molecule has 1 rings (SSSR count). The van der Waals surface area contributed by atoms with E-state index in [1.165, 1.54) is 6.07 Å². The molecule has 0 spiro atoms. The Kier molecular flexibility index (Phi) is 3.77. The van der Waals surface area contributed by atoms with Gasteiger partial charge in [0.05, 0.1) is 16.6 Å². The minimum atomic E-state index is -0.545. The summed E-state index contributed by atoms with van der Waals surface area (Å²) in [5, 5.41) is 11.0. The molecule has 0 saturated carbocycles. The van der Waals surface area contributed by atoms with Crippen molar-refractivity contribution in [2.24, 2.45) is 0 Å². The van der Waals surface area contributed by atoms with E-state index in [2.05, 4.69) is 0 Å². The zero-order chi connectivity index (χ0) is 11.6. The van der Waals surface area contributed by atoms with Crippen LogP contribution in [0.1, 0.15) is 12.5 Å². The highest BCUT2D eigenvalue weighted by molar-refractivity contribution is 6.38. The second kappa shape index (κ2) is 4.68. The van der Waals surface area contributed by atoms with Crippen molar-refractivity contribution < 1.29 is 9.66 Å². The van der Waals surface area contributed by atoms with Gasteiger partial charge in [0.15, 0.2) is 10.8 Å². The van der Waals surface area contributed by atoms with Gasteiger partial charge in [0, 0.05) is 5.56 Å². The van der Waals surface area contributed by atoms with E-state index in [1.807, 2.05) is 0 Å². The maximum absolute atomic E-state index is 10.7. The lowest BCUT2D eigenvalue weighted by molar-refractivity contribution is -0.385. The first-order valence-corrected chi connectivity index (χ1v) is 5.00. The number of nitrogens with zero attached hydrogens (tertiary/aromatic N) is 1. The molecule has 0 aliphatic carbocycles. The van der Waals surface area contributed by atoms with Gasteiger partial charge in [-0.2, -0.15) is 0 Å². The molecule has 0 saturated heterocycles. The van der Waals surface area contributed by atoms with Gasteiger partial charge in [0.2, 0.25) is 0 Å². The second-order valence-electron chi connectivity index (χ2n) is 2.86. The van der Waals surface area contributed by atoms with Crippen molar-refractivity contribution >= 4 is 28.9 Å². The predicted octanol–water partition coefficient (Wildman–Crippen LogP) is 3.61. The Labute approximate surface area is 96.9 Å². The highest BCUT2D eigenvalue weighted by atomic mass is 35.5. The van der Waals surface area contributed by atoms with Crippen LogP contribution >= 0.6 is 23.2 Å². The van der Waals surface area contributed by atoms with Crippen molar-refractivity contribution in [1.29, 1.82) is 0 Å². The van der Waals surface area contributed by atoms with Crippen LogP contribution in [0.3, 0.4) is 0 Å². The molecular weight excluding hydrogens is 241 g/mol. The number of nitro benzene ring substituents is 1. The lowest BCUT2D eigenvalue weighted by Crippen LogP contribution is -1.98. The van der Waals surface area contributed by atoms with Crippen LogP contribution in [0, 0.1) is 17.0 Å². The summed E-state index contributed by atoms with van der Waals surface area (Å²) in [5.74, 6) is 0.165. The normalized spacial score (nSPS) is 10.1. The largest absolute Gasteiger partial charge is 0.490 e. The molecule has 15 heavy (non-hydrogen) atoms. The van der Waals surface area contributed by atoms with Crippen LogP contribution in [0.5, 0.6) is 5.75 Å². The van der Waals surface area contributed by atoms with Gasteiger partial charge in [-0.3, -0.25) is 10.1 Å². The van der Waals surface area contributed by atoms with Gasteiger partial charge in [0.25, 0.3) is 5.69 Å². The summed E-state index contributed by atoms with van der Waals surface area (Å²) in [7, 11) is 0. The summed E-state index contributed by atoms with van der Waals surface area (Å²) < 4.78 is 5.14. The van der Waals surface area contributed by atoms with E-state index in [4.69, 9.17) is 27.9 Å². The molecule has 0 fully saturated rings. The molecule has 0 bridgehead atoms. The van der Waals surface area contributed by atoms with Gasteiger partial charge < -0.3 is 4.74 Å². The fraction of sp³-hybridized carbons (Fsp3) is 0.333. The molecule has 0 N–H and O–H groups in total. The van der Waals surface area contributed by atoms with Crippen LogP contribution in [0.25, 0.3) is 0 Å². The van der Waals surface area contributed by atoms with Gasteiger partial charge in [-0.25, -0.2) is 0 Å². The molecule has 4 nitrogen and oxygen atoms in total. The molecule has 1 aromatic rings. The zero-order valence-corrected chi connectivity index (χ0v) is 9.72. The standard InChI is InChI=1S/C9H9Cl2NO3/c1-3-15-9-6(10)4-5(2)8(7(9)11)12(13)14/h4H,3H2,1-2H3. The number of benzene rings is 1. The molecule has 0 amide bonds. The van der Waals surface area contributed by atoms with Crippen molar-refractivity contribution in [3.63, 3.8) is 0 Å². The summed E-state index contributed by atoms with van der Waals surface area (Å²) in [4.78, 5) is 10.2. The van der Waals surface area contributed by atoms with Crippen molar-refractivity contribution in [3.05, 3.63) is 31.8 Å². The quantitative estimate of drug-likeness (QED) is 0.608. The van der Waals surface area contributed by atoms with E-state index in [-0.39, 0.29) is 21.5 Å². The maximum atomic E-state index is 10.7. The molecule has 0 aliphatic heterocycles. The molecule has 0 aliphatic rings. The minimum absolute atomic E-state index is 0.0492. The van der Waals surface area contributed by atoms with Crippen molar-refractivity contribution in [1.82, 2.24) is 0 Å². The van der Waals surface area contributed by atoms with Gasteiger partial charge in [-0.1, -0.05) is 23.2 Å². The second-order valence-corrected chi connectivity index (χ2v) is 3.64. The Morgan fingerprint density at radius 3 is 2.60 bits per heavy atom. The highest BCUT2D eigenvalue weighted by Gasteiger charge is 2.23. The first-order chi connectivity index (χ1) is 6.99. The van der Waals surface area contributed by atoms with Crippen LogP contribution < -0.4 is 4.74 Å². The number of nitro groups is 1. The monoisotopic (exact) mass is 249 g/mol. The summed E-state index contributed by atoms with van der Waals surface area (Å²) in [5.41, 5.74) is 0.253. The third-order valence-corrected chi connectivity index (χ3v) is 2.44. The Hall–Kier alpha value is -1.00. The van der Waals surface area contributed by atoms with Crippen LogP contribution in [0.4, 0.5) is 5.69 Å². The Bertz CT molecular complexity index is 407. The van der Waals surface area contributed by atoms with Crippen LogP contribution in [-0.2, 0) is 0 Å². The number of aryl methyl sites for hydroxylation is 1. The van der Waals surface area contributed by atoms with Crippen LogP contribution in [0.15, 0.2) is 6.07 Å². The molecule has 0 radical (unpaired) electrons. The van der Waals surface area contributed by atoms with Gasteiger partial charge >= 0.3 is 0 Å². The van der Waals surface area contributed by atoms with Crippen molar-refractivity contribution in [2.75, 3.05) is 6.61 Å². The maximum Gasteiger partial charge on any atom is 0.294 e. The third kappa shape index (κ3) is 2.33. The molecule has 0 atom stereocenters. The highest BCUT2D eigenvalue weighted by Crippen LogP contribution is 2.41. The molecule has 0 heterocycles. The van der Waals surface area contributed by atoms with Crippen molar-refractivity contribution in [2.45, 2.75) is 13.8 Å². The smallest absolute Gasteiger partial charge is 0.294 e. The molecule has 1 aromatic carbocycles. The fourth-order valence-electron chi connectivity index (χ4n) is 1.21. The van der Waals surface area contributed by atoms with E-state index in [9.17, 15) is 10.1 Å². The van der Waals surface area contributed by atoms with Gasteiger partial charge in [-0.15, -0.1) is 0 Å². The minimum Gasteiger partial charge on any atom is -0.490 e. The molecule has 0 aromatic heterocycles. The molecule has 6 heteroatoms. The van der Waals surface area contributed by atoms with E-state index < -0.39 is 4.92 Å². The first-order valence-electron chi connectivity index (χ1n) is 4.24. The van der Waals surface area contributed by atoms with Crippen molar-refractivity contribution in [3.8, 4) is 5.75 Å². The fourth-order valence-corrected chi connectivity index (χ4v) is 1.95. The average molecular weight is 250 g/mol. The molecule has 82 valence electrons. The Morgan fingerprint density at radius 2 is 2.13 bits per heavy atom. The van der Waals surface area contributed by atoms with Crippen LogP contribution in [0.2, 0.25) is 10.0 Å². The Morgan fingerprint density at radius 1 is 1.53 bits per heavy atom. The lowest BCUT2D eigenvalue weighted by Gasteiger charge is -2.09. The summed E-state index contributed by atoms with van der Waals surface area (Å²) >= 11 is 11.7. The Balaban J connectivity index is 3.42. The molecule has 0 unspecified atom stereocenters. The summed E-state index contributed by atoms with van der Waals surface area (Å²) in [6, 6.07) is 1.47. The zero-order valence-electron chi connectivity index (χ0n) is 8.21. The lowest BCUT2D eigenvalue weighted by atomic mass is 10.2. The van der Waals surface area contributed by atoms with Gasteiger partial charge in [0.1, 0.15) is 0 Å². The first kappa shape index (κ1) is 12.1. The average Bonchev–Trinajstić information content (AvgIpc) is 2.11. The number of hydrogen-bond donors (Lipinski definition) is 0. The van der Waals surface area contributed by atoms with Crippen LogP contribution in [-0.4, -0.2) is 11.5 Å². The number of rotatable bonds is 3. The number of ether oxygens (including phenoxy) is 1. The van der Waals surface area contributed by atoms with E-state index in [0.29, 0.717) is 12.2 Å². The SMILES string of the molecule is CCOc1c(Cl)cc(C)c([N+](=O)[O-])c1Cl. The number of hydrogen-bond acceptors (Lipinski definition) is 3. The summed E-state index contributed by atoms with van der Waals surface area (Å²) in [6.07, 6.45) is 0. The summed E-state index contributed by atoms with van der Waals surface area (Å²) in [6.45, 7) is 3.67. The predicted molar refractivity (Wildman–Crippen MR) is 59.0 cm³/mol. The number of halogens is 2. The van der Waals surface area contributed by atoms with E-state index in [0.717, 1.165) is 0 Å².